The Bertz CT molecular complexity index is 597. The predicted octanol–water partition coefficient (Wildman–Crippen LogP) is 1.05. The lowest BCUT2D eigenvalue weighted by Gasteiger charge is -2.21. The molecule has 0 N–H and O–H groups in total. The van der Waals surface area contributed by atoms with Gasteiger partial charge in [0.25, 0.3) is 5.69 Å². The van der Waals surface area contributed by atoms with Crippen molar-refractivity contribution in [3.63, 3.8) is 0 Å². The van der Waals surface area contributed by atoms with Crippen molar-refractivity contribution in [2.45, 2.75) is 18.7 Å². The number of hydrogen-bond acceptors (Lipinski definition) is 7. The molecule has 0 amide bonds. The molecule has 0 saturated heterocycles. The van der Waals surface area contributed by atoms with Gasteiger partial charge in [0, 0.05) is 38.6 Å². The van der Waals surface area contributed by atoms with Crippen LogP contribution in [0, 0.1) is 10.1 Å². The van der Waals surface area contributed by atoms with Gasteiger partial charge in [-0.05, 0) is 13.8 Å². The third kappa shape index (κ3) is 5.82. The fourth-order valence-electron chi connectivity index (χ4n) is 1.77. The van der Waals surface area contributed by atoms with Gasteiger partial charge >= 0.3 is 0 Å². The Morgan fingerprint density at radius 1 is 1.17 bits per heavy atom. The summed E-state index contributed by atoms with van der Waals surface area (Å²) >= 11 is 0. The molecule has 0 bridgehead atoms. The molecule has 0 aliphatic carbocycles. The maximum atomic E-state index is 12.6. The van der Waals surface area contributed by atoms with E-state index in [1.807, 2.05) is 13.8 Å². The Balaban J connectivity index is 3.00. The van der Waals surface area contributed by atoms with Crippen molar-refractivity contribution in [1.29, 1.82) is 0 Å². The summed E-state index contributed by atoms with van der Waals surface area (Å²) in [6.07, 6.45) is 2.10. The summed E-state index contributed by atoms with van der Waals surface area (Å²) < 4.78 is 36.9. The van der Waals surface area contributed by atoms with Crippen molar-refractivity contribution in [2.24, 2.45) is 0 Å². The quantitative estimate of drug-likeness (QED) is 0.334. The van der Waals surface area contributed by atoms with Crippen molar-refractivity contribution >= 4 is 15.7 Å². The normalized spacial score (nSPS) is 11.8. The Hall–Kier alpha value is -1.62. The first-order valence-corrected chi connectivity index (χ1v) is 8.62. The summed E-state index contributed by atoms with van der Waals surface area (Å²) in [5, 5.41) is 10.8. The van der Waals surface area contributed by atoms with E-state index in [9.17, 15) is 18.5 Å². The number of nitro groups is 1. The van der Waals surface area contributed by atoms with Gasteiger partial charge in [0.05, 0.1) is 18.1 Å². The van der Waals surface area contributed by atoms with E-state index in [2.05, 4.69) is 4.98 Å². The first-order valence-electron chi connectivity index (χ1n) is 7.18. The molecule has 23 heavy (non-hydrogen) atoms. The van der Waals surface area contributed by atoms with Crippen molar-refractivity contribution in [3.8, 4) is 0 Å². The molecular formula is C13H21N3O6S. The highest BCUT2D eigenvalue weighted by atomic mass is 32.2. The lowest BCUT2D eigenvalue weighted by atomic mass is 10.4. The first-order chi connectivity index (χ1) is 10.9. The van der Waals surface area contributed by atoms with E-state index in [1.165, 1.54) is 4.31 Å². The monoisotopic (exact) mass is 347 g/mol. The van der Waals surface area contributed by atoms with E-state index in [0.717, 1.165) is 18.5 Å². The first kappa shape index (κ1) is 19.4. The minimum absolute atomic E-state index is 0.131. The topological polar surface area (TPSA) is 112 Å². The standard InChI is InChI=1S/C13H21N3O6S/c1-3-21-7-5-15(6-8-22-4-2)23(19,20)13-9-12(16(17)18)10-14-11-13/h9-11H,3-8H2,1-2H3. The molecule has 9 nitrogen and oxygen atoms in total. The van der Waals surface area contributed by atoms with Gasteiger partial charge in [-0.1, -0.05) is 0 Å². The average molecular weight is 347 g/mol. The number of hydrogen-bond donors (Lipinski definition) is 0. The van der Waals surface area contributed by atoms with Gasteiger partial charge in [-0.2, -0.15) is 4.31 Å². The van der Waals surface area contributed by atoms with Crippen LogP contribution in [0.3, 0.4) is 0 Å². The fourth-order valence-corrected chi connectivity index (χ4v) is 3.16. The number of pyridine rings is 1. The van der Waals surface area contributed by atoms with E-state index < -0.39 is 14.9 Å². The van der Waals surface area contributed by atoms with Crippen LogP contribution in [0.15, 0.2) is 23.4 Å². The van der Waals surface area contributed by atoms with Crippen LogP contribution in [-0.4, -0.2) is 62.1 Å². The second-order valence-corrected chi connectivity index (χ2v) is 6.37. The molecule has 130 valence electrons. The smallest absolute Gasteiger partial charge is 0.288 e. The highest BCUT2D eigenvalue weighted by Crippen LogP contribution is 2.19. The second kappa shape index (κ2) is 9.50. The maximum Gasteiger partial charge on any atom is 0.288 e. The minimum atomic E-state index is -3.91. The van der Waals surface area contributed by atoms with Crippen molar-refractivity contribution in [3.05, 3.63) is 28.6 Å². The molecule has 0 aromatic carbocycles. The molecule has 0 saturated carbocycles. The molecule has 0 aliphatic rings. The summed E-state index contributed by atoms with van der Waals surface area (Å²) in [5.41, 5.74) is -0.374. The van der Waals surface area contributed by atoms with E-state index >= 15 is 0 Å². The lowest BCUT2D eigenvalue weighted by molar-refractivity contribution is -0.385. The number of aromatic nitrogens is 1. The zero-order valence-electron chi connectivity index (χ0n) is 13.2. The van der Waals surface area contributed by atoms with Crippen LogP contribution in [-0.2, 0) is 19.5 Å². The molecule has 0 radical (unpaired) electrons. The van der Waals surface area contributed by atoms with Gasteiger partial charge in [0.1, 0.15) is 11.1 Å². The van der Waals surface area contributed by atoms with E-state index in [0.29, 0.717) is 13.2 Å². The van der Waals surface area contributed by atoms with Gasteiger partial charge in [-0.3, -0.25) is 15.1 Å². The van der Waals surface area contributed by atoms with Crippen LogP contribution >= 0.6 is 0 Å². The van der Waals surface area contributed by atoms with Crippen LogP contribution in [0.2, 0.25) is 0 Å². The summed E-state index contributed by atoms with van der Waals surface area (Å²) in [5.74, 6) is 0. The zero-order chi connectivity index (χ0) is 17.3. The third-order valence-corrected chi connectivity index (χ3v) is 4.79. The zero-order valence-corrected chi connectivity index (χ0v) is 14.0. The van der Waals surface area contributed by atoms with Crippen molar-refractivity contribution in [1.82, 2.24) is 9.29 Å². The summed E-state index contributed by atoms with van der Waals surface area (Å²) in [6, 6.07) is 0.997. The summed E-state index contributed by atoms with van der Waals surface area (Å²) in [7, 11) is -3.91. The largest absolute Gasteiger partial charge is 0.380 e. The molecule has 0 atom stereocenters. The number of rotatable bonds is 11. The van der Waals surface area contributed by atoms with Crippen LogP contribution in [0.5, 0.6) is 0 Å². The number of ether oxygens (including phenoxy) is 2. The SMILES string of the molecule is CCOCCN(CCOCC)S(=O)(=O)c1cncc([N+](=O)[O-])c1. The lowest BCUT2D eigenvalue weighted by Crippen LogP contribution is -2.36. The van der Waals surface area contributed by atoms with Gasteiger partial charge in [-0.15, -0.1) is 0 Å². The van der Waals surface area contributed by atoms with Gasteiger partial charge in [0.2, 0.25) is 10.0 Å². The number of sulfonamides is 1. The Morgan fingerprint density at radius 2 is 1.74 bits per heavy atom. The molecule has 1 heterocycles. The molecule has 1 aromatic rings. The molecule has 0 spiro atoms. The molecule has 1 rings (SSSR count). The summed E-state index contributed by atoms with van der Waals surface area (Å²) in [4.78, 5) is 13.5. The molecule has 1 aromatic heterocycles. The van der Waals surface area contributed by atoms with Crippen LogP contribution in [0.4, 0.5) is 5.69 Å². The second-order valence-electron chi connectivity index (χ2n) is 4.43. The van der Waals surface area contributed by atoms with E-state index in [1.54, 1.807) is 0 Å². The maximum absolute atomic E-state index is 12.6. The predicted molar refractivity (Wildman–Crippen MR) is 82.6 cm³/mol. The fraction of sp³-hybridized carbons (Fsp3) is 0.615. The van der Waals surface area contributed by atoms with Crippen molar-refractivity contribution in [2.75, 3.05) is 39.5 Å². The van der Waals surface area contributed by atoms with Gasteiger partial charge < -0.3 is 9.47 Å². The molecule has 0 unspecified atom stereocenters. The van der Waals surface area contributed by atoms with Gasteiger partial charge in [0.15, 0.2) is 0 Å². The Labute approximate surface area is 135 Å². The molecule has 0 aliphatic heterocycles. The van der Waals surface area contributed by atoms with Crippen molar-refractivity contribution < 1.29 is 22.8 Å². The number of nitrogens with zero attached hydrogens (tertiary/aromatic N) is 3. The highest BCUT2D eigenvalue weighted by molar-refractivity contribution is 7.89. The average Bonchev–Trinajstić information content (AvgIpc) is 2.53. The van der Waals surface area contributed by atoms with E-state index in [4.69, 9.17) is 9.47 Å². The minimum Gasteiger partial charge on any atom is -0.380 e. The molecular weight excluding hydrogens is 326 g/mol. The Kier molecular flexibility index (Phi) is 8.03. The van der Waals surface area contributed by atoms with Gasteiger partial charge in [-0.25, -0.2) is 8.42 Å². The third-order valence-electron chi connectivity index (χ3n) is 2.93. The summed E-state index contributed by atoms with van der Waals surface area (Å²) in [6.45, 7) is 5.27. The molecule has 0 fully saturated rings. The van der Waals surface area contributed by atoms with Crippen LogP contribution in [0.1, 0.15) is 13.8 Å². The highest BCUT2D eigenvalue weighted by Gasteiger charge is 2.26. The Morgan fingerprint density at radius 3 is 2.22 bits per heavy atom. The molecule has 10 heteroatoms. The van der Waals surface area contributed by atoms with Crippen LogP contribution in [0.25, 0.3) is 0 Å². The van der Waals surface area contributed by atoms with E-state index in [-0.39, 0.29) is 36.9 Å². The van der Waals surface area contributed by atoms with Crippen LogP contribution < -0.4 is 0 Å².